The number of ether oxygens (including phenoxy) is 2. The van der Waals surface area contributed by atoms with Gasteiger partial charge in [0.1, 0.15) is 17.3 Å². The van der Waals surface area contributed by atoms with Gasteiger partial charge in [-0.15, -0.1) is 0 Å². The van der Waals surface area contributed by atoms with Crippen LogP contribution >= 0.6 is 11.6 Å². The van der Waals surface area contributed by atoms with Gasteiger partial charge in [0.15, 0.2) is 6.61 Å². The zero-order valence-electron chi connectivity index (χ0n) is 15.1. The average molecular weight is 408 g/mol. The van der Waals surface area contributed by atoms with E-state index in [0.717, 1.165) is 6.07 Å². The van der Waals surface area contributed by atoms with Crippen LogP contribution in [0.1, 0.15) is 16.8 Å². The lowest BCUT2D eigenvalue weighted by Gasteiger charge is -2.11. The van der Waals surface area contributed by atoms with Crippen LogP contribution in [0.3, 0.4) is 0 Å². The first kappa shape index (κ1) is 21.2. The number of nitrogens with zero attached hydrogens (tertiary/aromatic N) is 1. The Kier molecular flexibility index (Phi) is 7.76. The second-order valence-corrected chi connectivity index (χ2v) is 6.04. The van der Waals surface area contributed by atoms with Gasteiger partial charge in [-0.1, -0.05) is 18.2 Å². The van der Waals surface area contributed by atoms with Gasteiger partial charge < -0.3 is 20.1 Å². The van der Waals surface area contributed by atoms with E-state index >= 15 is 0 Å². The van der Waals surface area contributed by atoms with E-state index in [0.29, 0.717) is 23.4 Å². The zero-order chi connectivity index (χ0) is 20.5. The fourth-order valence-corrected chi connectivity index (χ4v) is 2.21. The standard InChI is InChI=1S/C19H19ClFN3O4/c1-12(5-6-23-19(26)13-7-15(27-2)10-22-9-13)24-18(25)11-28-14-3-4-16(20)17(21)8-14/h3-4,7-10H,1,5-6,11H2,2H3,(H,23,26)(H,24,25). The minimum Gasteiger partial charge on any atom is -0.495 e. The first-order valence-electron chi connectivity index (χ1n) is 8.21. The maximum Gasteiger partial charge on any atom is 0.262 e. The highest BCUT2D eigenvalue weighted by atomic mass is 35.5. The molecule has 2 aromatic rings. The molecule has 0 saturated heterocycles. The van der Waals surface area contributed by atoms with Crippen LogP contribution in [0.5, 0.6) is 11.5 Å². The molecule has 7 nitrogen and oxygen atoms in total. The maximum absolute atomic E-state index is 13.3. The number of halogens is 2. The molecular formula is C19H19ClFN3O4. The molecule has 2 amide bonds. The van der Waals surface area contributed by atoms with Crippen LogP contribution in [-0.2, 0) is 4.79 Å². The third-order valence-corrected chi connectivity index (χ3v) is 3.81. The Bertz CT molecular complexity index is 876. The highest BCUT2D eigenvalue weighted by Crippen LogP contribution is 2.20. The van der Waals surface area contributed by atoms with Gasteiger partial charge in [-0.2, -0.15) is 0 Å². The van der Waals surface area contributed by atoms with E-state index in [4.69, 9.17) is 21.1 Å². The van der Waals surface area contributed by atoms with Gasteiger partial charge in [-0.05, 0) is 18.2 Å². The van der Waals surface area contributed by atoms with Crippen molar-refractivity contribution >= 4 is 23.4 Å². The van der Waals surface area contributed by atoms with Crippen LogP contribution in [-0.4, -0.2) is 37.1 Å². The third kappa shape index (κ3) is 6.55. The number of nitrogens with one attached hydrogen (secondary N) is 2. The lowest BCUT2D eigenvalue weighted by molar-refractivity contribution is -0.122. The van der Waals surface area contributed by atoms with E-state index in [1.807, 2.05) is 0 Å². The summed E-state index contributed by atoms with van der Waals surface area (Å²) in [6.07, 6.45) is 3.24. The van der Waals surface area contributed by atoms with E-state index in [2.05, 4.69) is 22.2 Å². The van der Waals surface area contributed by atoms with Crippen molar-refractivity contribution in [3.63, 3.8) is 0 Å². The molecule has 0 radical (unpaired) electrons. The second-order valence-electron chi connectivity index (χ2n) is 5.64. The van der Waals surface area contributed by atoms with E-state index in [-0.39, 0.29) is 29.8 Å². The van der Waals surface area contributed by atoms with Crippen LogP contribution < -0.4 is 20.1 Å². The summed E-state index contributed by atoms with van der Waals surface area (Å²) in [4.78, 5) is 27.8. The Morgan fingerprint density at radius 1 is 1.25 bits per heavy atom. The topological polar surface area (TPSA) is 89.5 Å². The summed E-state index contributed by atoms with van der Waals surface area (Å²) in [6, 6.07) is 5.45. The van der Waals surface area contributed by atoms with Gasteiger partial charge in [0.05, 0.1) is 23.9 Å². The van der Waals surface area contributed by atoms with Gasteiger partial charge >= 0.3 is 0 Å². The predicted molar refractivity (Wildman–Crippen MR) is 102 cm³/mol. The number of pyridine rings is 1. The molecule has 0 aliphatic heterocycles. The van der Waals surface area contributed by atoms with Crippen LogP contribution in [0.2, 0.25) is 5.02 Å². The van der Waals surface area contributed by atoms with Gasteiger partial charge in [-0.3, -0.25) is 14.6 Å². The van der Waals surface area contributed by atoms with Crippen molar-refractivity contribution in [2.45, 2.75) is 6.42 Å². The Balaban J connectivity index is 1.70. The molecule has 0 aliphatic carbocycles. The number of benzene rings is 1. The molecule has 2 N–H and O–H groups in total. The highest BCUT2D eigenvalue weighted by molar-refractivity contribution is 6.30. The molecule has 1 aromatic heterocycles. The van der Waals surface area contributed by atoms with Crippen LogP contribution in [0, 0.1) is 5.82 Å². The number of amides is 2. The van der Waals surface area contributed by atoms with Crippen molar-refractivity contribution in [2.24, 2.45) is 0 Å². The van der Waals surface area contributed by atoms with E-state index in [1.165, 1.54) is 31.6 Å². The van der Waals surface area contributed by atoms with Crippen LogP contribution in [0.4, 0.5) is 4.39 Å². The molecule has 0 fully saturated rings. The largest absolute Gasteiger partial charge is 0.495 e. The van der Waals surface area contributed by atoms with Gasteiger partial charge in [0, 0.05) is 30.9 Å². The first-order chi connectivity index (χ1) is 13.4. The number of carbonyl (C=O) groups is 2. The summed E-state index contributed by atoms with van der Waals surface area (Å²) in [5, 5.41) is 5.21. The molecular weight excluding hydrogens is 389 g/mol. The Labute approximate surface area is 166 Å². The highest BCUT2D eigenvalue weighted by Gasteiger charge is 2.09. The molecule has 0 unspecified atom stereocenters. The summed E-state index contributed by atoms with van der Waals surface area (Å²) < 4.78 is 23.5. The Hall–Kier alpha value is -3.13. The molecule has 28 heavy (non-hydrogen) atoms. The minimum atomic E-state index is -0.633. The second kappa shape index (κ2) is 10.3. The Morgan fingerprint density at radius 2 is 2.04 bits per heavy atom. The molecule has 2 rings (SSSR count). The van der Waals surface area contributed by atoms with E-state index in [1.54, 1.807) is 6.07 Å². The SMILES string of the molecule is C=C(CCNC(=O)c1cncc(OC)c1)NC(=O)COc1ccc(Cl)c(F)c1. The van der Waals surface area contributed by atoms with Crippen molar-refractivity contribution in [3.8, 4) is 11.5 Å². The van der Waals surface area contributed by atoms with Crippen molar-refractivity contribution in [2.75, 3.05) is 20.3 Å². The van der Waals surface area contributed by atoms with Gasteiger partial charge in [-0.25, -0.2) is 4.39 Å². The number of aromatic nitrogens is 1. The third-order valence-electron chi connectivity index (χ3n) is 3.50. The Morgan fingerprint density at radius 3 is 2.75 bits per heavy atom. The van der Waals surface area contributed by atoms with Gasteiger partial charge in [0.2, 0.25) is 0 Å². The van der Waals surface area contributed by atoms with Crippen LogP contribution in [0.25, 0.3) is 0 Å². The van der Waals surface area contributed by atoms with Crippen molar-refractivity contribution in [1.29, 1.82) is 0 Å². The predicted octanol–water partition coefficient (Wildman–Crippen LogP) is 2.71. The van der Waals surface area contributed by atoms with Crippen molar-refractivity contribution < 1.29 is 23.5 Å². The summed E-state index contributed by atoms with van der Waals surface area (Å²) in [7, 11) is 1.48. The summed E-state index contributed by atoms with van der Waals surface area (Å²) in [5.74, 6) is -0.750. The fourth-order valence-electron chi connectivity index (χ4n) is 2.09. The van der Waals surface area contributed by atoms with E-state index in [9.17, 15) is 14.0 Å². The monoisotopic (exact) mass is 407 g/mol. The molecule has 9 heteroatoms. The quantitative estimate of drug-likeness (QED) is 0.667. The minimum absolute atomic E-state index is 0.0306. The summed E-state index contributed by atoms with van der Waals surface area (Å²) in [6.45, 7) is 3.67. The maximum atomic E-state index is 13.3. The van der Waals surface area contributed by atoms with E-state index < -0.39 is 11.7 Å². The number of carbonyl (C=O) groups excluding carboxylic acids is 2. The molecule has 0 atom stereocenters. The average Bonchev–Trinajstić information content (AvgIpc) is 2.68. The lowest BCUT2D eigenvalue weighted by atomic mass is 10.2. The molecule has 1 aromatic carbocycles. The molecule has 1 heterocycles. The molecule has 0 saturated carbocycles. The number of rotatable bonds is 9. The van der Waals surface area contributed by atoms with Crippen molar-refractivity contribution in [3.05, 3.63) is 65.3 Å². The molecule has 0 spiro atoms. The van der Waals surface area contributed by atoms with Gasteiger partial charge in [0.25, 0.3) is 11.8 Å². The summed E-state index contributed by atoms with van der Waals surface area (Å²) >= 11 is 5.58. The zero-order valence-corrected chi connectivity index (χ0v) is 15.9. The van der Waals surface area contributed by atoms with Crippen molar-refractivity contribution in [1.82, 2.24) is 15.6 Å². The molecule has 0 aliphatic rings. The van der Waals surface area contributed by atoms with Crippen LogP contribution in [0.15, 0.2) is 48.9 Å². The fraction of sp³-hybridized carbons (Fsp3) is 0.211. The number of hydrogen-bond acceptors (Lipinski definition) is 5. The molecule has 148 valence electrons. The molecule has 0 bridgehead atoms. The smallest absolute Gasteiger partial charge is 0.262 e. The summed E-state index contributed by atoms with van der Waals surface area (Å²) in [5.41, 5.74) is 0.762. The number of hydrogen-bond donors (Lipinski definition) is 2. The first-order valence-corrected chi connectivity index (χ1v) is 8.59. The normalized spacial score (nSPS) is 10.1. The lowest BCUT2D eigenvalue weighted by Crippen LogP contribution is -2.31. The number of methoxy groups -OCH3 is 1.